The summed E-state index contributed by atoms with van der Waals surface area (Å²) in [5, 5.41) is 11.1. The van der Waals surface area contributed by atoms with Crippen molar-refractivity contribution in [3.63, 3.8) is 0 Å². The molecular weight excluding hydrogens is 679 g/mol. The van der Waals surface area contributed by atoms with E-state index < -0.39 is 11.9 Å². The number of carbonyl (C=O) groups excluding carboxylic acids is 3. The van der Waals surface area contributed by atoms with Crippen LogP contribution in [0.25, 0.3) is 32.0 Å². The molecule has 5 aromatic rings. The number of piperidine rings is 2. The van der Waals surface area contributed by atoms with Crippen molar-refractivity contribution in [1.82, 2.24) is 29.7 Å². The van der Waals surface area contributed by atoms with Gasteiger partial charge >= 0.3 is 5.69 Å². The maximum Gasteiger partial charge on any atom is 0.329 e. The number of aromatic nitrogens is 3. The minimum absolute atomic E-state index is 0.0103. The first-order valence-electron chi connectivity index (χ1n) is 18.4. The molecule has 14 heteroatoms. The number of imidazole rings is 1. The molecular formula is C38H41N9O4S. The molecule has 1 aliphatic carbocycles. The monoisotopic (exact) mass is 719 g/mol. The van der Waals surface area contributed by atoms with E-state index in [1.807, 2.05) is 13.0 Å². The number of hydrogen-bond donors (Lipinski definition) is 3. The highest BCUT2D eigenvalue weighted by Crippen LogP contribution is 2.53. The summed E-state index contributed by atoms with van der Waals surface area (Å²) in [6.45, 7) is 9.80. The molecule has 0 radical (unpaired) electrons. The molecule has 3 aromatic heterocycles. The molecule has 10 rings (SSSR count). The molecule has 13 nitrogen and oxygen atoms in total. The second-order valence-electron chi connectivity index (χ2n) is 15.3. The molecule has 4 fully saturated rings. The maximum atomic E-state index is 13.2. The lowest BCUT2D eigenvalue weighted by Gasteiger charge is -2.36. The van der Waals surface area contributed by atoms with E-state index in [4.69, 9.17) is 4.98 Å². The van der Waals surface area contributed by atoms with E-state index in [0.717, 1.165) is 99.9 Å². The quantitative estimate of drug-likeness (QED) is 0.234. The lowest BCUT2D eigenvalue weighted by molar-refractivity contribution is -0.135. The molecule has 3 N–H and O–H groups in total. The molecule has 3 saturated heterocycles. The van der Waals surface area contributed by atoms with Crippen LogP contribution in [0.1, 0.15) is 35.5 Å². The van der Waals surface area contributed by atoms with Gasteiger partial charge in [0.1, 0.15) is 16.7 Å². The molecule has 0 bridgehead atoms. The van der Waals surface area contributed by atoms with Crippen molar-refractivity contribution in [1.29, 1.82) is 0 Å². The zero-order valence-electron chi connectivity index (χ0n) is 29.2. The van der Waals surface area contributed by atoms with Crippen molar-refractivity contribution >= 4 is 78.3 Å². The predicted molar refractivity (Wildman–Crippen MR) is 202 cm³/mol. The Hall–Kier alpha value is -4.95. The van der Waals surface area contributed by atoms with Gasteiger partial charge in [-0.15, -0.1) is 11.3 Å². The van der Waals surface area contributed by atoms with Crippen LogP contribution in [-0.4, -0.2) is 95.1 Å². The van der Waals surface area contributed by atoms with Gasteiger partial charge in [-0.25, -0.2) is 9.78 Å². The topological polar surface area (TPSA) is 137 Å². The van der Waals surface area contributed by atoms with Crippen molar-refractivity contribution in [3.8, 4) is 0 Å². The number of nitrogens with one attached hydrogen (secondary N) is 3. The maximum absolute atomic E-state index is 13.2. The fourth-order valence-corrected chi connectivity index (χ4v) is 10.4. The average molecular weight is 720 g/mol. The molecule has 3 amide bonds. The number of hydrogen-bond acceptors (Lipinski definition) is 10. The fourth-order valence-electron chi connectivity index (χ4n) is 9.26. The highest BCUT2D eigenvalue weighted by Gasteiger charge is 2.56. The highest BCUT2D eigenvalue weighted by atomic mass is 32.1. The van der Waals surface area contributed by atoms with Crippen LogP contribution in [-0.2, 0) is 16.6 Å². The van der Waals surface area contributed by atoms with Crippen LogP contribution in [0.4, 0.5) is 17.2 Å². The molecule has 52 heavy (non-hydrogen) atoms. The van der Waals surface area contributed by atoms with E-state index in [0.29, 0.717) is 30.7 Å². The fraction of sp³-hybridized carbons (Fsp3) is 0.447. The van der Waals surface area contributed by atoms with Crippen molar-refractivity contribution in [2.75, 3.05) is 67.5 Å². The number of amides is 3. The van der Waals surface area contributed by atoms with E-state index in [-0.39, 0.29) is 30.0 Å². The summed E-state index contributed by atoms with van der Waals surface area (Å²) in [4.78, 5) is 63.6. The van der Waals surface area contributed by atoms with E-state index in [1.54, 1.807) is 16.2 Å². The molecule has 2 aromatic carbocycles. The number of aryl methyl sites for hydroxylation is 1. The molecule has 4 aliphatic heterocycles. The second-order valence-corrected chi connectivity index (χ2v) is 16.3. The van der Waals surface area contributed by atoms with E-state index in [2.05, 4.69) is 67.0 Å². The number of benzene rings is 2. The lowest BCUT2D eigenvalue weighted by Crippen LogP contribution is -2.47. The number of imide groups is 1. The molecule has 7 heterocycles. The number of thiophene rings is 1. The van der Waals surface area contributed by atoms with Crippen LogP contribution in [0.15, 0.2) is 47.3 Å². The summed E-state index contributed by atoms with van der Waals surface area (Å²) in [5.41, 5.74) is 4.28. The average Bonchev–Trinajstić information content (AvgIpc) is 3.42. The van der Waals surface area contributed by atoms with Crippen molar-refractivity contribution < 1.29 is 14.4 Å². The number of fused-ring (bicyclic) bond motifs is 7. The molecule has 268 valence electrons. The smallest absolute Gasteiger partial charge is 0.329 e. The zero-order valence-corrected chi connectivity index (χ0v) is 30.0. The number of carbonyl (C=O) groups is 3. The molecule has 5 atom stereocenters. The first kappa shape index (κ1) is 31.8. The van der Waals surface area contributed by atoms with Gasteiger partial charge in [-0.3, -0.25) is 33.7 Å². The van der Waals surface area contributed by atoms with Gasteiger partial charge in [0.2, 0.25) is 11.8 Å². The van der Waals surface area contributed by atoms with Gasteiger partial charge in [0.25, 0.3) is 5.91 Å². The minimum Gasteiger partial charge on any atom is -0.381 e. The number of nitrogens with zero attached hydrogens (tertiary/aromatic N) is 6. The normalized spacial score (nSPS) is 26.3. The van der Waals surface area contributed by atoms with Gasteiger partial charge in [0.05, 0.1) is 22.2 Å². The molecule has 0 spiro atoms. The van der Waals surface area contributed by atoms with E-state index >= 15 is 0 Å². The van der Waals surface area contributed by atoms with Crippen LogP contribution in [0, 0.1) is 17.8 Å². The van der Waals surface area contributed by atoms with Crippen molar-refractivity contribution in [2.45, 2.75) is 31.8 Å². The summed E-state index contributed by atoms with van der Waals surface area (Å²) in [6.07, 6.45) is 0.563. The Labute approximate surface area is 303 Å². The zero-order chi connectivity index (χ0) is 35.4. The largest absolute Gasteiger partial charge is 0.381 e. The van der Waals surface area contributed by atoms with Crippen LogP contribution in [0.3, 0.4) is 0 Å². The lowest BCUT2D eigenvalue weighted by atomic mass is 10.1. The highest BCUT2D eigenvalue weighted by molar-refractivity contribution is 7.21. The summed E-state index contributed by atoms with van der Waals surface area (Å²) in [6, 6.07) is 14.0. The Bertz CT molecular complexity index is 2380. The Balaban J connectivity index is 0.773. The number of rotatable bonds is 5. The molecule has 1 saturated carbocycles. The Morgan fingerprint density at radius 2 is 1.73 bits per heavy atom. The van der Waals surface area contributed by atoms with Gasteiger partial charge in [0, 0.05) is 93.0 Å². The van der Waals surface area contributed by atoms with E-state index in [9.17, 15) is 19.2 Å². The van der Waals surface area contributed by atoms with Gasteiger partial charge < -0.3 is 20.4 Å². The first-order chi connectivity index (χ1) is 25.2. The van der Waals surface area contributed by atoms with Crippen LogP contribution >= 0.6 is 11.3 Å². The third kappa shape index (κ3) is 5.01. The standard InChI is InChI=1S/C38H41N9O4S/c1-20-16-39-34-33-22-4-9-31(41-26(22)5-8-30(33)52-35(34)37(50)40-20)45-13-11-44(12-14-45)17-23-24-18-46(19-25(23)24)21-3-6-27-29(15-21)43(2)38(51)47(27)28-7-10-32(48)42-36(28)49/h3-6,8-9,15,20,23-25,28,39H,7,10-14,16-19H2,1-2H3,(H,40,50)(H,42,48,49)/t20-,23-,24-,25+,28?/m1/s1. The van der Waals surface area contributed by atoms with Gasteiger partial charge in [-0.1, -0.05) is 0 Å². The molecule has 5 aliphatic rings. The first-order valence-corrected chi connectivity index (χ1v) is 19.2. The van der Waals surface area contributed by atoms with Gasteiger partial charge in [0.15, 0.2) is 0 Å². The second kappa shape index (κ2) is 11.8. The van der Waals surface area contributed by atoms with E-state index in [1.165, 1.54) is 11.3 Å². The number of piperazine rings is 1. The van der Waals surface area contributed by atoms with Crippen molar-refractivity contribution in [2.24, 2.45) is 24.8 Å². The molecule has 1 unspecified atom stereocenters. The van der Waals surface area contributed by atoms with Crippen molar-refractivity contribution in [3.05, 3.63) is 57.8 Å². The minimum atomic E-state index is -0.674. The third-order valence-electron chi connectivity index (χ3n) is 12.2. The summed E-state index contributed by atoms with van der Waals surface area (Å²) in [7, 11) is 1.75. The number of pyridine rings is 1. The SMILES string of the molecule is C[C@@H]1CNc2c(sc3ccc4nc(N5CCN(C[C@@H]6[C@H]7CN(c8ccc9c(c8)n(C)c(=O)n9C8CCC(=O)NC8=O)C[C@@H]67)CC5)ccc4c23)C(=O)N1. The van der Waals surface area contributed by atoms with Crippen LogP contribution in [0.2, 0.25) is 0 Å². The Morgan fingerprint density at radius 1 is 0.923 bits per heavy atom. The van der Waals surface area contributed by atoms with Gasteiger partial charge in [-0.2, -0.15) is 0 Å². The number of anilines is 3. The van der Waals surface area contributed by atoms with Crippen LogP contribution in [0.5, 0.6) is 0 Å². The Kier molecular flexibility index (Phi) is 7.20. The third-order valence-corrected chi connectivity index (χ3v) is 13.3. The Morgan fingerprint density at radius 3 is 2.52 bits per heavy atom. The summed E-state index contributed by atoms with van der Waals surface area (Å²) in [5.74, 6) is 2.37. The summed E-state index contributed by atoms with van der Waals surface area (Å²) >= 11 is 1.54. The summed E-state index contributed by atoms with van der Waals surface area (Å²) < 4.78 is 4.26. The van der Waals surface area contributed by atoms with Gasteiger partial charge in [-0.05, 0) is 73.6 Å². The van der Waals surface area contributed by atoms with Crippen LogP contribution < -0.4 is 31.4 Å². The predicted octanol–water partition coefficient (Wildman–Crippen LogP) is 3.13.